The van der Waals surface area contributed by atoms with Crippen LogP contribution in [0.25, 0.3) is 11.2 Å². The van der Waals surface area contributed by atoms with E-state index < -0.39 is 10.0 Å². The number of aromatic amines is 1. The first-order chi connectivity index (χ1) is 13.5. The quantitative estimate of drug-likeness (QED) is 0.385. The lowest BCUT2D eigenvalue weighted by atomic mass is 10.2. The van der Waals surface area contributed by atoms with Crippen LogP contribution in [0.1, 0.15) is 5.56 Å². The topological polar surface area (TPSA) is 152 Å². The van der Waals surface area contributed by atoms with Crippen LogP contribution in [0, 0.1) is 0 Å². The second-order valence-corrected chi connectivity index (χ2v) is 7.49. The fraction of sp³-hybridized carbons (Fsp3) is 0.0588. The van der Waals surface area contributed by atoms with Crippen LogP contribution < -0.4 is 15.8 Å². The van der Waals surface area contributed by atoms with Gasteiger partial charge in [0, 0.05) is 12.2 Å². The van der Waals surface area contributed by atoms with Crippen molar-refractivity contribution in [3.63, 3.8) is 0 Å². The predicted octanol–water partition coefficient (Wildman–Crippen LogP) is 1.75. The zero-order chi connectivity index (χ0) is 19.6. The lowest BCUT2D eigenvalue weighted by molar-refractivity contribution is 0.598. The molecule has 0 spiro atoms. The molecule has 2 aromatic heterocycles. The average molecular weight is 396 g/mol. The molecule has 2 aromatic carbocycles. The summed E-state index contributed by atoms with van der Waals surface area (Å²) < 4.78 is 23.1. The molecule has 0 aliphatic carbocycles. The molecule has 0 atom stereocenters. The fourth-order valence-electron chi connectivity index (χ4n) is 2.58. The van der Waals surface area contributed by atoms with E-state index >= 15 is 0 Å². The maximum Gasteiger partial charge on any atom is 0.238 e. The molecule has 0 fully saturated rings. The maximum atomic E-state index is 11.6. The van der Waals surface area contributed by atoms with E-state index in [4.69, 9.17) is 5.14 Å². The molecule has 10 nitrogen and oxygen atoms in total. The van der Waals surface area contributed by atoms with Crippen LogP contribution in [0.2, 0.25) is 0 Å². The number of sulfonamides is 1. The number of nitrogens with two attached hydrogens (primary N) is 1. The maximum absolute atomic E-state index is 11.6. The molecule has 11 heteroatoms. The molecule has 0 bridgehead atoms. The summed E-state index contributed by atoms with van der Waals surface area (Å²) in [6.45, 7) is 0.532. The van der Waals surface area contributed by atoms with Gasteiger partial charge in [0.1, 0.15) is 0 Å². The van der Waals surface area contributed by atoms with Gasteiger partial charge in [0.25, 0.3) is 0 Å². The molecular weight excluding hydrogens is 380 g/mol. The molecule has 28 heavy (non-hydrogen) atoms. The lowest BCUT2D eigenvalue weighted by Gasteiger charge is -2.10. The smallest absolute Gasteiger partial charge is 0.238 e. The first-order valence-electron chi connectivity index (χ1n) is 8.25. The Hall–Kier alpha value is -3.57. The van der Waals surface area contributed by atoms with Crippen LogP contribution >= 0.6 is 0 Å². The number of rotatable bonds is 6. The third-order valence-corrected chi connectivity index (χ3v) is 4.81. The molecule has 0 amide bonds. The Balaban J connectivity index is 1.64. The zero-order valence-corrected chi connectivity index (χ0v) is 15.3. The van der Waals surface area contributed by atoms with E-state index in [9.17, 15) is 8.42 Å². The van der Waals surface area contributed by atoms with Gasteiger partial charge in [-0.25, -0.2) is 13.6 Å². The van der Waals surface area contributed by atoms with Gasteiger partial charge in [-0.1, -0.05) is 36.4 Å². The van der Waals surface area contributed by atoms with Crippen molar-refractivity contribution in [3.8, 4) is 0 Å². The SMILES string of the molecule is NS(=O)(=O)c1cccc(Nc2nc(NCc3ccccc3)nc3n[nH]nc23)c1. The molecule has 0 radical (unpaired) electrons. The summed E-state index contributed by atoms with van der Waals surface area (Å²) in [6.07, 6.45) is 0. The second kappa shape index (κ2) is 7.21. The van der Waals surface area contributed by atoms with Gasteiger partial charge in [0.15, 0.2) is 11.3 Å². The first kappa shape index (κ1) is 17.8. The van der Waals surface area contributed by atoms with Crippen molar-refractivity contribution in [1.82, 2.24) is 25.4 Å². The molecule has 142 valence electrons. The van der Waals surface area contributed by atoms with Gasteiger partial charge < -0.3 is 10.6 Å². The number of hydrogen-bond donors (Lipinski definition) is 4. The van der Waals surface area contributed by atoms with E-state index in [0.717, 1.165) is 5.56 Å². The standard InChI is InChI=1S/C17H16N8O2S/c18-28(26,27)13-8-4-7-12(9-13)20-15-14-16(24-25-23-14)22-17(21-15)19-10-11-5-2-1-3-6-11/h1-9H,10H2,(H2,18,26,27)(H3,19,20,21,22,23,24,25). The van der Waals surface area contributed by atoms with E-state index in [1.807, 2.05) is 30.3 Å². The number of anilines is 3. The summed E-state index contributed by atoms with van der Waals surface area (Å²) >= 11 is 0. The van der Waals surface area contributed by atoms with Crippen LogP contribution in [-0.4, -0.2) is 33.8 Å². The Morgan fingerprint density at radius 1 is 1.00 bits per heavy atom. The lowest BCUT2D eigenvalue weighted by Crippen LogP contribution is -2.12. The number of fused-ring (bicyclic) bond motifs is 1. The minimum atomic E-state index is -3.82. The molecule has 0 saturated carbocycles. The highest BCUT2D eigenvalue weighted by Crippen LogP contribution is 2.24. The number of nitrogens with zero attached hydrogens (tertiary/aromatic N) is 4. The van der Waals surface area contributed by atoms with E-state index in [2.05, 4.69) is 36.0 Å². The van der Waals surface area contributed by atoms with E-state index in [0.29, 0.717) is 35.2 Å². The largest absolute Gasteiger partial charge is 0.350 e. The number of primary sulfonamides is 1. The van der Waals surface area contributed by atoms with Crippen LogP contribution in [0.3, 0.4) is 0 Å². The van der Waals surface area contributed by atoms with Gasteiger partial charge >= 0.3 is 0 Å². The van der Waals surface area contributed by atoms with Crippen molar-refractivity contribution in [3.05, 3.63) is 60.2 Å². The Kier molecular flexibility index (Phi) is 4.59. The summed E-state index contributed by atoms with van der Waals surface area (Å²) in [7, 11) is -3.82. The third kappa shape index (κ3) is 3.89. The summed E-state index contributed by atoms with van der Waals surface area (Å²) in [5, 5.41) is 22.0. The summed E-state index contributed by atoms with van der Waals surface area (Å²) in [5.74, 6) is 0.733. The summed E-state index contributed by atoms with van der Waals surface area (Å²) in [4.78, 5) is 8.76. The highest BCUT2D eigenvalue weighted by Gasteiger charge is 2.13. The van der Waals surface area contributed by atoms with Gasteiger partial charge in [-0.15, -0.1) is 5.10 Å². The van der Waals surface area contributed by atoms with Crippen molar-refractivity contribution >= 4 is 38.6 Å². The Bertz CT molecular complexity index is 1220. The van der Waals surface area contributed by atoms with Gasteiger partial charge in [0.05, 0.1) is 4.90 Å². The minimum Gasteiger partial charge on any atom is -0.350 e. The highest BCUT2D eigenvalue weighted by molar-refractivity contribution is 7.89. The number of aromatic nitrogens is 5. The van der Waals surface area contributed by atoms with E-state index in [-0.39, 0.29) is 4.90 Å². The Morgan fingerprint density at radius 3 is 2.61 bits per heavy atom. The number of nitrogens with one attached hydrogen (secondary N) is 3. The summed E-state index contributed by atoms with van der Waals surface area (Å²) in [6, 6.07) is 15.9. The first-order valence-corrected chi connectivity index (χ1v) is 9.80. The number of hydrogen-bond acceptors (Lipinski definition) is 8. The zero-order valence-electron chi connectivity index (χ0n) is 14.5. The van der Waals surface area contributed by atoms with Crippen LogP contribution in [-0.2, 0) is 16.6 Å². The minimum absolute atomic E-state index is 0.00891. The molecule has 4 rings (SSSR count). The molecule has 0 unspecified atom stereocenters. The van der Waals surface area contributed by atoms with Gasteiger partial charge in [-0.2, -0.15) is 20.3 Å². The molecule has 5 N–H and O–H groups in total. The molecule has 0 aliphatic rings. The Labute approximate surface area is 160 Å². The van der Waals surface area contributed by atoms with Crippen LogP contribution in [0.5, 0.6) is 0 Å². The van der Waals surface area contributed by atoms with Crippen molar-refractivity contribution < 1.29 is 8.42 Å². The van der Waals surface area contributed by atoms with E-state index in [1.165, 1.54) is 12.1 Å². The molecule has 0 aliphatic heterocycles. The van der Waals surface area contributed by atoms with Crippen LogP contribution in [0.4, 0.5) is 17.5 Å². The molecule has 4 aromatic rings. The molecule has 2 heterocycles. The van der Waals surface area contributed by atoms with Crippen molar-refractivity contribution in [1.29, 1.82) is 0 Å². The second-order valence-electron chi connectivity index (χ2n) is 5.93. The summed E-state index contributed by atoms with van der Waals surface area (Å²) in [5.41, 5.74) is 2.35. The molecule has 0 saturated heterocycles. The van der Waals surface area contributed by atoms with Crippen LogP contribution in [0.15, 0.2) is 59.5 Å². The van der Waals surface area contributed by atoms with Gasteiger partial charge in [-0.05, 0) is 23.8 Å². The normalized spacial score (nSPS) is 11.5. The predicted molar refractivity (Wildman–Crippen MR) is 104 cm³/mol. The monoisotopic (exact) mass is 396 g/mol. The van der Waals surface area contributed by atoms with Crippen molar-refractivity contribution in [2.45, 2.75) is 11.4 Å². The van der Waals surface area contributed by atoms with Gasteiger partial charge in [0.2, 0.25) is 21.6 Å². The van der Waals surface area contributed by atoms with Crippen molar-refractivity contribution in [2.24, 2.45) is 5.14 Å². The third-order valence-electron chi connectivity index (χ3n) is 3.90. The number of benzene rings is 2. The molecular formula is C17H16N8O2S. The fourth-order valence-corrected chi connectivity index (χ4v) is 3.14. The average Bonchev–Trinajstić information content (AvgIpc) is 3.16. The van der Waals surface area contributed by atoms with E-state index in [1.54, 1.807) is 12.1 Å². The van der Waals surface area contributed by atoms with Gasteiger partial charge in [-0.3, -0.25) is 0 Å². The Morgan fingerprint density at radius 2 is 1.82 bits per heavy atom. The highest BCUT2D eigenvalue weighted by atomic mass is 32.2. The van der Waals surface area contributed by atoms with Crippen molar-refractivity contribution in [2.75, 3.05) is 10.6 Å². The number of H-pyrrole nitrogens is 1.